The summed E-state index contributed by atoms with van der Waals surface area (Å²) < 4.78 is 5.63. The molecule has 1 saturated carbocycles. The minimum absolute atomic E-state index is 0.876. The lowest BCUT2D eigenvalue weighted by Gasteiger charge is -1.96. The van der Waals surface area contributed by atoms with Crippen molar-refractivity contribution in [2.45, 2.75) is 32.6 Å². The van der Waals surface area contributed by atoms with Crippen molar-refractivity contribution in [3.8, 4) is 0 Å². The van der Waals surface area contributed by atoms with Crippen molar-refractivity contribution in [1.29, 1.82) is 0 Å². The quantitative estimate of drug-likeness (QED) is 0.701. The normalized spacial score (nSPS) is 16.1. The van der Waals surface area contributed by atoms with E-state index < -0.39 is 0 Å². The van der Waals surface area contributed by atoms with Gasteiger partial charge in [0.15, 0.2) is 5.89 Å². The Balaban J connectivity index is 1.76. The Hall–Kier alpha value is -0.830. The summed E-state index contributed by atoms with van der Waals surface area (Å²) in [7, 11) is 0. The van der Waals surface area contributed by atoms with E-state index in [-0.39, 0.29) is 0 Å². The molecule has 0 unspecified atom stereocenters. The fraction of sp³-hybridized carbons (Fsp3) is 0.727. The summed E-state index contributed by atoms with van der Waals surface area (Å²) in [5, 5.41) is 3.26. The number of hydrogen-bond acceptors (Lipinski definition) is 3. The third-order valence-electron chi connectivity index (χ3n) is 2.55. The van der Waals surface area contributed by atoms with Crippen LogP contribution in [0, 0.1) is 5.92 Å². The summed E-state index contributed by atoms with van der Waals surface area (Å²) in [5.74, 6) is 2.82. The second kappa shape index (κ2) is 4.60. The molecule has 1 fully saturated rings. The van der Waals surface area contributed by atoms with E-state index >= 15 is 0 Å². The number of nitrogens with one attached hydrogen (secondary N) is 1. The number of nitrogens with zero attached hydrogens (tertiary/aromatic N) is 1. The van der Waals surface area contributed by atoms with Crippen LogP contribution in [-0.2, 0) is 12.8 Å². The van der Waals surface area contributed by atoms with Crippen LogP contribution >= 0.6 is 0 Å². The highest BCUT2D eigenvalue weighted by Crippen LogP contribution is 2.32. The molecule has 0 aliphatic heterocycles. The minimum atomic E-state index is 0.876. The van der Waals surface area contributed by atoms with Gasteiger partial charge < -0.3 is 9.73 Å². The number of hydrogen-bond donors (Lipinski definition) is 1. The zero-order valence-corrected chi connectivity index (χ0v) is 8.75. The molecule has 78 valence electrons. The summed E-state index contributed by atoms with van der Waals surface area (Å²) in [4.78, 5) is 4.26. The van der Waals surface area contributed by atoms with Crippen molar-refractivity contribution in [1.82, 2.24) is 10.3 Å². The number of likely N-dealkylation sites (N-methyl/N-ethyl adjacent to an activating group) is 1. The lowest BCUT2D eigenvalue weighted by atomic mass is 10.2. The predicted molar refractivity (Wildman–Crippen MR) is 55.2 cm³/mol. The SMILES string of the molecule is CCNCCc1ncc(CC2CC2)o1. The summed E-state index contributed by atoms with van der Waals surface area (Å²) >= 11 is 0. The van der Waals surface area contributed by atoms with Crippen LogP contribution in [0.15, 0.2) is 10.6 Å². The molecule has 3 nitrogen and oxygen atoms in total. The molecule has 0 bridgehead atoms. The highest BCUT2D eigenvalue weighted by Gasteiger charge is 2.23. The van der Waals surface area contributed by atoms with Crippen molar-refractivity contribution in [2.24, 2.45) is 5.92 Å². The monoisotopic (exact) mass is 194 g/mol. The molecule has 1 N–H and O–H groups in total. The zero-order valence-electron chi connectivity index (χ0n) is 8.75. The predicted octanol–water partition coefficient (Wildman–Crippen LogP) is 1.78. The van der Waals surface area contributed by atoms with Crippen LogP contribution in [0.4, 0.5) is 0 Å². The van der Waals surface area contributed by atoms with Gasteiger partial charge in [0.25, 0.3) is 0 Å². The maximum absolute atomic E-state index is 5.63. The molecule has 1 aliphatic rings. The third kappa shape index (κ3) is 2.84. The largest absolute Gasteiger partial charge is 0.446 e. The molecule has 0 atom stereocenters. The van der Waals surface area contributed by atoms with E-state index in [4.69, 9.17) is 4.42 Å². The van der Waals surface area contributed by atoms with E-state index in [0.717, 1.165) is 43.5 Å². The first-order chi connectivity index (χ1) is 6.88. The molecule has 1 aromatic heterocycles. The Bertz CT molecular complexity index is 279. The first-order valence-corrected chi connectivity index (χ1v) is 5.52. The van der Waals surface area contributed by atoms with E-state index in [1.54, 1.807) is 0 Å². The smallest absolute Gasteiger partial charge is 0.195 e. The molecule has 2 rings (SSSR count). The maximum atomic E-state index is 5.63. The van der Waals surface area contributed by atoms with Crippen LogP contribution in [0.3, 0.4) is 0 Å². The lowest BCUT2D eigenvalue weighted by molar-refractivity contribution is 0.442. The molecule has 0 amide bonds. The van der Waals surface area contributed by atoms with E-state index in [2.05, 4.69) is 17.2 Å². The van der Waals surface area contributed by atoms with Gasteiger partial charge in [-0.15, -0.1) is 0 Å². The first-order valence-electron chi connectivity index (χ1n) is 5.52. The Kier molecular flexibility index (Phi) is 3.19. The van der Waals surface area contributed by atoms with E-state index in [1.165, 1.54) is 12.8 Å². The zero-order chi connectivity index (χ0) is 9.80. The average Bonchev–Trinajstić information content (AvgIpc) is 2.87. The van der Waals surface area contributed by atoms with Gasteiger partial charge in [-0.05, 0) is 25.3 Å². The number of aromatic nitrogens is 1. The molecule has 0 spiro atoms. The van der Waals surface area contributed by atoms with Gasteiger partial charge in [-0.3, -0.25) is 0 Å². The van der Waals surface area contributed by atoms with Gasteiger partial charge in [-0.1, -0.05) is 6.92 Å². The van der Waals surface area contributed by atoms with Crippen LogP contribution in [0.1, 0.15) is 31.4 Å². The maximum Gasteiger partial charge on any atom is 0.195 e. The molecule has 3 heteroatoms. The highest BCUT2D eigenvalue weighted by molar-refractivity contribution is 4.98. The van der Waals surface area contributed by atoms with Gasteiger partial charge in [-0.2, -0.15) is 0 Å². The van der Waals surface area contributed by atoms with Crippen LogP contribution in [0.5, 0.6) is 0 Å². The van der Waals surface area contributed by atoms with Crippen LogP contribution in [0.25, 0.3) is 0 Å². The van der Waals surface area contributed by atoms with Crippen LogP contribution in [-0.4, -0.2) is 18.1 Å². The van der Waals surface area contributed by atoms with E-state index in [0.29, 0.717) is 0 Å². The van der Waals surface area contributed by atoms with Gasteiger partial charge in [-0.25, -0.2) is 4.98 Å². The third-order valence-corrected chi connectivity index (χ3v) is 2.55. The summed E-state index contributed by atoms with van der Waals surface area (Å²) in [5.41, 5.74) is 0. The molecule has 1 aliphatic carbocycles. The molecule has 0 saturated heterocycles. The van der Waals surface area contributed by atoms with Gasteiger partial charge >= 0.3 is 0 Å². The van der Waals surface area contributed by atoms with Crippen molar-refractivity contribution in [3.63, 3.8) is 0 Å². The van der Waals surface area contributed by atoms with Gasteiger partial charge in [0.05, 0.1) is 6.20 Å². The topological polar surface area (TPSA) is 38.1 Å². The summed E-state index contributed by atoms with van der Waals surface area (Å²) in [6, 6.07) is 0. The highest BCUT2D eigenvalue weighted by atomic mass is 16.4. The van der Waals surface area contributed by atoms with Gasteiger partial charge in [0.2, 0.25) is 0 Å². The minimum Gasteiger partial charge on any atom is -0.446 e. The molecule has 1 aromatic rings. The van der Waals surface area contributed by atoms with Crippen molar-refractivity contribution in [2.75, 3.05) is 13.1 Å². The Morgan fingerprint density at radius 2 is 2.43 bits per heavy atom. The van der Waals surface area contributed by atoms with Crippen molar-refractivity contribution in [3.05, 3.63) is 17.8 Å². The van der Waals surface area contributed by atoms with E-state index in [9.17, 15) is 0 Å². The summed E-state index contributed by atoms with van der Waals surface area (Å²) in [6.07, 6.45) is 6.62. The van der Waals surface area contributed by atoms with Gasteiger partial charge in [0, 0.05) is 19.4 Å². The second-order valence-electron chi connectivity index (χ2n) is 3.97. The molecule has 1 heterocycles. The molecular weight excluding hydrogens is 176 g/mol. The second-order valence-corrected chi connectivity index (χ2v) is 3.97. The average molecular weight is 194 g/mol. The molecule has 14 heavy (non-hydrogen) atoms. The fourth-order valence-corrected chi connectivity index (χ4v) is 1.54. The Morgan fingerprint density at radius 3 is 3.14 bits per heavy atom. The first kappa shape index (κ1) is 9.71. The Labute approximate surface area is 84.9 Å². The molecular formula is C11H18N2O. The molecule has 0 radical (unpaired) electrons. The Morgan fingerprint density at radius 1 is 1.57 bits per heavy atom. The lowest BCUT2D eigenvalue weighted by Crippen LogP contribution is -2.16. The fourth-order valence-electron chi connectivity index (χ4n) is 1.54. The van der Waals surface area contributed by atoms with Crippen LogP contribution < -0.4 is 5.32 Å². The van der Waals surface area contributed by atoms with E-state index in [1.807, 2.05) is 6.20 Å². The van der Waals surface area contributed by atoms with Crippen molar-refractivity contribution < 1.29 is 4.42 Å². The van der Waals surface area contributed by atoms with Gasteiger partial charge in [0.1, 0.15) is 5.76 Å². The number of oxazole rings is 1. The number of rotatable bonds is 6. The van der Waals surface area contributed by atoms with Crippen molar-refractivity contribution >= 4 is 0 Å². The standard InChI is InChI=1S/C11H18N2O/c1-2-12-6-5-11-13-8-10(14-11)7-9-3-4-9/h8-9,12H,2-7H2,1H3. The molecule has 0 aromatic carbocycles. The summed E-state index contributed by atoms with van der Waals surface area (Å²) in [6.45, 7) is 4.07. The van der Waals surface area contributed by atoms with Crippen LogP contribution in [0.2, 0.25) is 0 Å².